The minimum absolute atomic E-state index is 0.100. The minimum Gasteiger partial charge on any atom is -0.462 e. The lowest BCUT2D eigenvalue weighted by molar-refractivity contribution is -0.332. The lowest BCUT2D eigenvalue weighted by Crippen LogP contribution is -2.61. The Morgan fingerprint density at radius 1 is 0.444 bits per heavy atom. The predicted octanol–water partition coefficient (Wildman–Crippen LogP) is 8.38. The molecule has 2 saturated heterocycles. The van der Waals surface area contributed by atoms with Crippen LogP contribution in [0.2, 0.25) is 0 Å². The summed E-state index contributed by atoms with van der Waals surface area (Å²) >= 11 is 0. The summed E-state index contributed by atoms with van der Waals surface area (Å²) in [7, 11) is 0. The van der Waals surface area contributed by atoms with Gasteiger partial charge in [0.25, 0.3) is 0 Å². The van der Waals surface area contributed by atoms with E-state index in [9.17, 15) is 45.3 Å². The monoisotopic (exact) mass is 1020 g/mol. The minimum atomic E-state index is -1.78. The van der Waals surface area contributed by atoms with Gasteiger partial charge in [-0.25, -0.2) is 0 Å². The van der Waals surface area contributed by atoms with Crippen LogP contribution in [0.1, 0.15) is 168 Å². The smallest absolute Gasteiger partial charge is 0.306 e. The number of ether oxygens (including phenoxy) is 6. The Balaban J connectivity index is 1.83. The van der Waals surface area contributed by atoms with Gasteiger partial charge in [0.1, 0.15) is 55.4 Å². The van der Waals surface area contributed by atoms with Crippen molar-refractivity contribution in [2.45, 2.75) is 235 Å². The number of esters is 2. The number of aliphatic hydroxyl groups is 7. The molecular formula is C57H94O15. The average Bonchev–Trinajstić information content (AvgIpc) is 3.37. The first-order valence-corrected chi connectivity index (χ1v) is 27.2. The summed E-state index contributed by atoms with van der Waals surface area (Å²) in [5.74, 6) is -1.04. The first-order chi connectivity index (χ1) is 35.0. The molecule has 0 aliphatic carbocycles. The van der Waals surface area contributed by atoms with E-state index in [0.29, 0.717) is 19.3 Å². The van der Waals surface area contributed by atoms with Gasteiger partial charge in [-0.1, -0.05) is 150 Å². The van der Waals surface area contributed by atoms with Gasteiger partial charge in [0, 0.05) is 12.8 Å². The molecule has 2 rings (SSSR count). The third-order valence-electron chi connectivity index (χ3n) is 12.3. The quantitative estimate of drug-likeness (QED) is 0.0173. The Hall–Kier alpha value is -3.32. The molecule has 0 radical (unpaired) electrons. The van der Waals surface area contributed by atoms with E-state index < -0.39 is 99.3 Å². The fourth-order valence-electron chi connectivity index (χ4n) is 7.86. The molecule has 0 bridgehead atoms. The number of hydrogen-bond acceptors (Lipinski definition) is 15. The van der Waals surface area contributed by atoms with Crippen molar-refractivity contribution in [3.8, 4) is 0 Å². The zero-order valence-corrected chi connectivity index (χ0v) is 43.6. The maximum atomic E-state index is 13.0. The van der Waals surface area contributed by atoms with Crippen LogP contribution in [0.4, 0.5) is 0 Å². The topological polar surface area (TPSA) is 231 Å². The second-order valence-corrected chi connectivity index (χ2v) is 18.7. The summed E-state index contributed by atoms with van der Waals surface area (Å²) in [4.78, 5) is 25.8. The fourth-order valence-corrected chi connectivity index (χ4v) is 7.86. The van der Waals surface area contributed by atoms with Crippen LogP contribution in [-0.2, 0) is 38.0 Å². The van der Waals surface area contributed by atoms with Gasteiger partial charge in [-0.2, -0.15) is 0 Å². The first-order valence-electron chi connectivity index (χ1n) is 27.2. The van der Waals surface area contributed by atoms with Crippen molar-refractivity contribution in [2.24, 2.45) is 0 Å². The zero-order chi connectivity index (χ0) is 52.4. The Kier molecular flexibility index (Phi) is 38.7. The summed E-state index contributed by atoms with van der Waals surface area (Å²) in [6, 6.07) is 0. The van der Waals surface area contributed by atoms with Crippen molar-refractivity contribution < 1.29 is 73.8 Å². The number of carbonyl (C=O) groups excluding carboxylic acids is 2. The molecule has 2 aliphatic rings. The Labute approximate surface area is 431 Å². The second kappa shape index (κ2) is 43.0. The van der Waals surface area contributed by atoms with E-state index in [1.54, 1.807) is 0 Å². The summed E-state index contributed by atoms with van der Waals surface area (Å²) in [5, 5.41) is 72.1. The molecule has 0 aromatic heterocycles. The lowest BCUT2D eigenvalue weighted by Gasteiger charge is -2.42. The Bertz CT molecular complexity index is 1570. The van der Waals surface area contributed by atoms with E-state index in [1.807, 2.05) is 6.08 Å². The standard InChI is InChI=1S/C57H94O15/c1-3-5-7-9-11-13-15-17-19-20-21-22-23-24-26-27-29-31-33-35-37-39-48(59)67-42-45(70-49(60)40-38-36-34-32-30-28-25-18-16-14-12-10-8-6-4-2)43-68-56-55(66)53(64)51(62)47(72-56)44-69-57-54(65)52(63)50(61)46(41-58)71-57/h12,14,18-20,22-23,25-27,30-33,45-47,50-58,61-66H,3-11,13,15-17,21,24,28-29,34-44H2,1-2H3/b14-12+,20-19+,23-22+,25-18+,27-26+,32-30+,33-31+/t45-,46+,47+,50-,51-,52?,53?,54?,55?,56+,57+/m0/s1. The molecule has 0 saturated carbocycles. The van der Waals surface area contributed by atoms with E-state index in [2.05, 4.69) is 92.8 Å². The lowest BCUT2D eigenvalue weighted by atomic mass is 9.98. The maximum Gasteiger partial charge on any atom is 0.306 e. The van der Waals surface area contributed by atoms with Crippen molar-refractivity contribution in [3.05, 3.63) is 85.1 Å². The molecule has 0 spiro atoms. The van der Waals surface area contributed by atoms with Crippen LogP contribution < -0.4 is 0 Å². The molecule has 412 valence electrons. The van der Waals surface area contributed by atoms with E-state index in [1.165, 1.54) is 64.2 Å². The summed E-state index contributed by atoms with van der Waals surface area (Å²) < 4.78 is 33.5. The molecule has 2 heterocycles. The third kappa shape index (κ3) is 30.1. The van der Waals surface area contributed by atoms with Crippen LogP contribution in [0.3, 0.4) is 0 Å². The number of rotatable bonds is 41. The molecule has 0 amide bonds. The molecule has 11 atom stereocenters. The van der Waals surface area contributed by atoms with Crippen LogP contribution in [-0.4, -0.2) is 142 Å². The van der Waals surface area contributed by atoms with Crippen molar-refractivity contribution in [1.29, 1.82) is 0 Å². The maximum absolute atomic E-state index is 13.0. The second-order valence-electron chi connectivity index (χ2n) is 18.7. The van der Waals surface area contributed by atoms with Gasteiger partial charge in [0.2, 0.25) is 0 Å². The number of aliphatic hydroxyl groups excluding tert-OH is 7. The van der Waals surface area contributed by atoms with Gasteiger partial charge in [-0.3, -0.25) is 9.59 Å². The van der Waals surface area contributed by atoms with Crippen LogP contribution in [0.5, 0.6) is 0 Å². The van der Waals surface area contributed by atoms with E-state index in [-0.39, 0.29) is 19.4 Å². The molecule has 0 aromatic carbocycles. The highest BCUT2D eigenvalue weighted by atomic mass is 16.7. The van der Waals surface area contributed by atoms with Gasteiger partial charge in [-0.05, 0) is 89.9 Å². The van der Waals surface area contributed by atoms with Crippen LogP contribution >= 0.6 is 0 Å². The van der Waals surface area contributed by atoms with Crippen LogP contribution in [0.25, 0.3) is 0 Å². The van der Waals surface area contributed by atoms with E-state index in [0.717, 1.165) is 57.8 Å². The largest absolute Gasteiger partial charge is 0.462 e. The predicted molar refractivity (Wildman–Crippen MR) is 279 cm³/mol. The Morgan fingerprint density at radius 3 is 1.38 bits per heavy atom. The summed E-state index contributed by atoms with van der Waals surface area (Å²) in [5.41, 5.74) is 0. The molecule has 15 nitrogen and oxygen atoms in total. The number of hydrogen-bond donors (Lipinski definition) is 7. The first kappa shape index (κ1) is 64.8. The molecule has 7 N–H and O–H groups in total. The fraction of sp³-hybridized carbons (Fsp3) is 0.719. The molecule has 15 heteroatoms. The molecule has 2 aliphatic heterocycles. The van der Waals surface area contributed by atoms with Gasteiger partial charge in [0.15, 0.2) is 18.7 Å². The summed E-state index contributed by atoms with van der Waals surface area (Å²) in [6.45, 7) is 2.45. The van der Waals surface area contributed by atoms with Gasteiger partial charge >= 0.3 is 11.9 Å². The number of allylic oxidation sites excluding steroid dienone is 14. The molecule has 0 aromatic rings. The summed E-state index contributed by atoms with van der Waals surface area (Å²) in [6.07, 6.45) is 36.2. The van der Waals surface area contributed by atoms with Crippen molar-refractivity contribution in [2.75, 3.05) is 26.4 Å². The SMILES string of the molecule is CCCCC/C=C/C/C=C/C/C=C/CCCCC(=O)O[C@@H](COC(=O)CCC/C=C/C/C=C/C/C=C/C/C=C/CCCCCCCCC)CO[C@@H]1O[C@H](CO[C@@H]2O[C@H](CO)[C@H](O)C(O)C2O)[C@H](O)C(O)C1O. The molecular weight excluding hydrogens is 925 g/mol. The normalized spacial score (nSPS) is 25.7. The molecule has 4 unspecified atom stereocenters. The zero-order valence-electron chi connectivity index (χ0n) is 43.6. The highest BCUT2D eigenvalue weighted by Gasteiger charge is 2.47. The number of unbranched alkanes of at least 4 members (excludes halogenated alkanes) is 13. The highest BCUT2D eigenvalue weighted by Crippen LogP contribution is 2.26. The van der Waals surface area contributed by atoms with Crippen LogP contribution in [0.15, 0.2) is 85.1 Å². The van der Waals surface area contributed by atoms with Crippen molar-refractivity contribution >= 4 is 11.9 Å². The highest BCUT2D eigenvalue weighted by molar-refractivity contribution is 5.70. The van der Waals surface area contributed by atoms with Gasteiger partial charge in [0.05, 0.1) is 19.8 Å². The van der Waals surface area contributed by atoms with Gasteiger partial charge in [-0.15, -0.1) is 0 Å². The number of carbonyl (C=O) groups is 2. The Morgan fingerprint density at radius 2 is 0.847 bits per heavy atom. The van der Waals surface area contributed by atoms with Crippen LogP contribution in [0, 0.1) is 0 Å². The van der Waals surface area contributed by atoms with Gasteiger partial charge < -0.3 is 64.2 Å². The van der Waals surface area contributed by atoms with E-state index in [4.69, 9.17) is 28.4 Å². The third-order valence-corrected chi connectivity index (χ3v) is 12.3. The van der Waals surface area contributed by atoms with E-state index >= 15 is 0 Å². The molecule has 2 fully saturated rings. The average molecular weight is 1020 g/mol. The van der Waals surface area contributed by atoms with Crippen molar-refractivity contribution in [1.82, 2.24) is 0 Å². The van der Waals surface area contributed by atoms with Crippen molar-refractivity contribution in [3.63, 3.8) is 0 Å². The molecule has 72 heavy (non-hydrogen) atoms.